The Balaban J connectivity index is 2.67. The summed E-state index contributed by atoms with van der Waals surface area (Å²) in [6.45, 7) is 0. The fourth-order valence-electron chi connectivity index (χ4n) is 2.16. The Morgan fingerprint density at radius 3 is 2.08 bits per heavy atom. The molecule has 0 spiro atoms. The van der Waals surface area contributed by atoms with E-state index < -0.39 is 42.2 Å². The van der Waals surface area contributed by atoms with Gasteiger partial charge in [0, 0.05) is 24.1 Å². The van der Waals surface area contributed by atoms with Crippen molar-refractivity contribution in [3.8, 4) is 0 Å². The number of rotatable bonds is 12. The van der Waals surface area contributed by atoms with Crippen LogP contribution in [0.1, 0.15) is 36.0 Å². The van der Waals surface area contributed by atoms with Crippen molar-refractivity contribution in [2.75, 3.05) is 5.73 Å². The van der Waals surface area contributed by atoms with Gasteiger partial charge in [-0.1, -0.05) is 12.1 Å². The molecular weight excluding hydrogens is 346 g/mol. The number of Topliss-reactive ketones (excluding diaryl/α,β-unsaturated/α-hetero) is 1. The number of carboxylic acids is 3. The average Bonchev–Trinajstić information content (AvgIpc) is 2.55. The van der Waals surface area contributed by atoms with Gasteiger partial charge >= 0.3 is 17.9 Å². The molecule has 0 aliphatic carbocycles. The standard InChI is InChI=1S/C16H21N3O7/c17-10-5-2-1-4-9(10)13(20)8-12(16(25)26)19-18-11(15(23)24)6-3-7-14(21)22/h1-2,4-5,11-12,18-19H,3,6-8,17H2,(H,21,22)(H,23,24)(H,25,26)/t11?,12-/m0/s1. The predicted octanol–water partition coefficient (Wildman–Crippen LogP) is 0.0971. The maximum absolute atomic E-state index is 12.2. The number of nitrogen functional groups attached to an aromatic ring is 1. The number of aliphatic carboxylic acids is 3. The number of carboxylic acid groups (broad SMARTS) is 3. The number of nitrogens with one attached hydrogen (secondary N) is 2. The van der Waals surface area contributed by atoms with Crippen LogP contribution in [0.5, 0.6) is 0 Å². The topological polar surface area (TPSA) is 179 Å². The number of benzene rings is 1. The van der Waals surface area contributed by atoms with Crippen LogP contribution in [0.3, 0.4) is 0 Å². The Bertz CT molecular complexity index is 678. The molecule has 2 atom stereocenters. The summed E-state index contributed by atoms with van der Waals surface area (Å²) in [7, 11) is 0. The van der Waals surface area contributed by atoms with E-state index in [0.717, 1.165) is 0 Å². The lowest BCUT2D eigenvalue weighted by Gasteiger charge is -2.19. The normalized spacial score (nSPS) is 12.9. The molecule has 1 unspecified atom stereocenters. The van der Waals surface area contributed by atoms with Gasteiger partial charge in [-0.15, -0.1) is 0 Å². The summed E-state index contributed by atoms with van der Waals surface area (Å²) in [6, 6.07) is 3.62. The third-order valence-electron chi connectivity index (χ3n) is 3.56. The van der Waals surface area contributed by atoms with Gasteiger partial charge in [0.25, 0.3) is 0 Å². The molecule has 1 aromatic carbocycles. The number of ketones is 1. The number of hydrogen-bond donors (Lipinski definition) is 6. The van der Waals surface area contributed by atoms with Crippen LogP contribution in [0.4, 0.5) is 5.69 Å². The van der Waals surface area contributed by atoms with Crippen LogP contribution >= 0.6 is 0 Å². The third-order valence-corrected chi connectivity index (χ3v) is 3.56. The summed E-state index contributed by atoms with van der Waals surface area (Å²) >= 11 is 0. The maximum atomic E-state index is 12.2. The minimum atomic E-state index is -1.39. The molecule has 142 valence electrons. The van der Waals surface area contributed by atoms with Gasteiger partial charge in [0.1, 0.15) is 12.1 Å². The molecule has 10 nitrogen and oxygen atoms in total. The minimum absolute atomic E-state index is 0.0272. The molecule has 10 heteroatoms. The first-order valence-electron chi connectivity index (χ1n) is 7.78. The zero-order valence-electron chi connectivity index (χ0n) is 13.8. The number of carbonyl (C=O) groups is 4. The van der Waals surface area contributed by atoms with Gasteiger partial charge in [-0.05, 0) is 25.0 Å². The quantitative estimate of drug-likeness (QED) is 0.168. The van der Waals surface area contributed by atoms with Crippen LogP contribution in [0.15, 0.2) is 24.3 Å². The fraction of sp³-hybridized carbons (Fsp3) is 0.375. The molecule has 0 fully saturated rings. The van der Waals surface area contributed by atoms with Crippen molar-refractivity contribution < 1.29 is 34.5 Å². The van der Waals surface area contributed by atoms with Crippen molar-refractivity contribution >= 4 is 29.4 Å². The van der Waals surface area contributed by atoms with Gasteiger partial charge in [0.2, 0.25) is 0 Å². The average molecular weight is 367 g/mol. The lowest BCUT2D eigenvalue weighted by atomic mass is 10.0. The predicted molar refractivity (Wildman–Crippen MR) is 90.4 cm³/mol. The summed E-state index contributed by atoms with van der Waals surface area (Å²) in [4.78, 5) is 45.2. The van der Waals surface area contributed by atoms with Gasteiger partial charge in [0.05, 0.1) is 0 Å². The van der Waals surface area contributed by atoms with E-state index >= 15 is 0 Å². The van der Waals surface area contributed by atoms with Crippen molar-refractivity contribution in [3.63, 3.8) is 0 Å². The number of anilines is 1. The number of hydrazine groups is 1. The molecule has 0 bridgehead atoms. The molecule has 0 saturated carbocycles. The number of carbonyl (C=O) groups excluding carboxylic acids is 1. The van der Waals surface area contributed by atoms with E-state index in [9.17, 15) is 24.3 Å². The smallest absolute Gasteiger partial charge is 0.322 e. The van der Waals surface area contributed by atoms with Crippen LogP contribution in [-0.4, -0.2) is 51.1 Å². The fourth-order valence-corrected chi connectivity index (χ4v) is 2.16. The van der Waals surface area contributed by atoms with Crippen molar-refractivity contribution in [1.82, 2.24) is 10.9 Å². The summed E-state index contributed by atoms with van der Waals surface area (Å²) < 4.78 is 0. The molecule has 26 heavy (non-hydrogen) atoms. The first-order valence-corrected chi connectivity index (χ1v) is 7.78. The molecule has 0 radical (unpaired) electrons. The van der Waals surface area contributed by atoms with E-state index in [0.29, 0.717) is 0 Å². The number of para-hydroxylation sites is 1. The highest BCUT2D eigenvalue weighted by molar-refractivity contribution is 6.02. The highest BCUT2D eigenvalue weighted by Gasteiger charge is 2.25. The highest BCUT2D eigenvalue weighted by atomic mass is 16.4. The van der Waals surface area contributed by atoms with Gasteiger partial charge in [-0.25, -0.2) is 10.9 Å². The zero-order valence-corrected chi connectivity index (χ0v) is 13.8. The summed E-state index contributed by atoms with van der Waals surface area (Å²) in [6.07, 6.45) is -0.587. The Morgan fingerprint density at radius 2 is 1.54 bits per heavy atom. The minimum Gasteiger partial charge on any atom is -0.481 e. The monoisotopic (exact) mass is 367 g/mol. The Labute approximate surface area is 149 Å². The second kappa shape index (κ2) is 10.1. The van der Waals surface area contributed by atoms with Crippen LogP contribution < -0.4 is 16.6 Å². The Morgan fingerprint density at radius 1 is 0.962 bits per heavy atom. The lowest BCUT2D eigenvalue weighted by Crippen LogP contribution is -2.53. The van der Waals surface area contributed by atoms with E-state index in [4.69, 9.17) is 15.9 Å². The first kappa shape index (κ1) is 21.1. The van der Waals surface area contributed by atoms with Crippen LogP contribution in [0, 0.1) is 0 Å². The summed E-state index contributed by atoms with van der Waals surface area (Å²) in [5, 5.41) is 26.9. The molecule has 1 aromatic rings. The molecule has 0 heterocycles. The molecule has 7 N–H and O–H groups in total. The molecule has 0 aromatic heterocycles. The van der Waals surface area contributed by atoms with Crippen molar-refractivity contribution in [1.29, 1.82) is 0 Å². The molecule has 0 amide bonds. The maximum Gasteiger partial charge on any atom is 0.322 e. The lowest BCUT2D eigenvalue weighted by molar-refractivity contribution is -0.143. The zero-order chi connectivity index (χ0) is 19.7. The molecule has 1 rings (SSSR count). The highest BCUT2D eigenvalue weighted by Crippen LogP contribution is 2.14. The molecular formula is C16H21N3O7. The van der Waals surface area contributed by atoms with Crippen molar-refractivity contribution in [3.05, 3.63) is 29.8 Å². The van der Waals surface area contributed by atoms with E-state index in [-0.39, 0.29) is 30.5 Å². The van der Waals surface area contributed by atoms with Crippen molar-refractivity contribution in [2.24, 2.45) is 0 Å². The van der Waals surface area contributed by atoms with Crippen LogP contribution in [0.2, 0.25) is 0 Å². The second-order valence-electron chi connectivity index (χ2n) is 5.57. The Hall–Kier alpha value is -2.98. The molecule has 0 saturated heterocycles. The second-order valence-corrected chi connectivity index (χ2v) is 5.57. The number of nitrogens with two attached hydrogens (primary N) is 1. The van der Waals surface area contributed by atoms with E-state index in [1.807, 2.05) is 0 Å². The molecule has 0 aliphatic heterocycles. The SMILES string of the molecule is Nc1ccccc1C(=O)C[C@H](NNC(CCCC(=O)O)C(=O)O)C(=O)O. The summed E-state index contributed by atoms with van der Waals surface area (Å²) in [5.41, 5.74) is 10.7. The first-order chi connectivity index (χ1) is 12.2. The third kappa shape index (κ3) is 6.87. The van der Waals surface area contributed by atoms with Gasteiger partial charge in [-0.2, -0.15) is 0 Å². The van der Waals surface area contributed by atoms with Crippen molar-refractivity contribution in [2.45, 2.75) is 37.8 Å². The van der Waals surface area contributed by atoms with Gasteiger partial charge in [-0.3, -0.25) is 19.2 Å². The van der Waals surface area contributed by atoms with Crippen LogP contribution in [-0.2, 0) is 14.4 Å². The number of hydrogen-bond acceptors (Lipinski definition) is 7. The summed E-state index contributed by atoms with van der Waals surface area (Å²) in [5.74, 6) is -4.19. The van der Waals surface area contributed by atoms with Crippen LogP contribution in [0.25, 0.3) is 0 Å². The van der Waals surface area contributed by atoms with E-state index in [1.54, 1.807) is 12.1 Å². The largest absolute Gasteiger partial charge is 0.481 e. The van der Waals surface area contributed by atoms with Gasteiger partial charge < -0.3 is 21.1 Å². The van der Waals surface area contributed by atoms with E-state index in [2.05, 4.69) is 10.9 Å². The van der Waals surface area contributed by atoms with E-state index in [1.165, 1.54) is 12.1 Å². The Kier molecular flexibility index (Phi) is 8.19. The molecule has 0 aliphatic rings. The van der Waals surface area contributed by atoms with Gasteiger partial charge in [0.15, 0.2) is 5.78 Å².